The van der Waals surface area contributed by atoms with Gasteiger partial charge in [0.15, 0.2) is 0 Å². The Labute approximate surface area is 145 Å². The molecule has 25 heavy (non-hydrogen) atoms. The molecule has 0 spiro atoms. The van der Waals surface area contributed by atoms with Crippen LogP contribution in [0.15, 0.2) is 24.4 Å². The number of methoxy groups -OCH3 is 1. The normalized spacial score (nSPS) is 11.7. The molecule has 0 atom stereocenters. The number of rotatable bonds is 6. The number of aryl methyl sites for hydroxylation is 1. The zero-order valence-electron chi connectivity index (χ0n) is 14.6. The molecule has 0 radical (unpaired) electrons. The molecule has 0 saturated heterocycles. The first kappa shape index (κ1) is 19.0. The van der Waals surface area contributed by atoms with E-state index in [2.05, 4.69) is 9.97 Å². The van der Waals surface area contributed by atoms with Crippen LogP contribution >= 0.6 is 0 Å². The molecule has 0 bridgehead atoms. The van der Waals surface area contributed by atoms with Crippen molar-refractivity contribution in [3.63, 3.8) is 0 Å². The summed E-state index contributed by atoms with van der Waals surface area (Å²) >= 11 is 0. The fourth-order valence-electron chi connectivity index (χ4n) is 2.47. The number of benzene rings is 1. The Morgan fingerprint density at radius 2 is 1.84 bits per heavy atom. The fourth-order valence-corrected chi connectivity index (χ4v) is 2.47. The van der Waals surface area contributed by atoms with E-state index >= 15 is 0 Å². The summed E-state index contributed by atoms with van der Waals surface area (Å²) in [5, 5.41) is 0. The molecule has 136 valence electrons. The summed E-state index contributed by atoms with van der Waals surface area (Å²) in [7, 11) is 1.33. The van der Waals surface area contributed by atoms with Crippen LogP contribution in [-0.4, -0.2) is 23.2 Å². The average Bonchev–Trinajstić information content (AvgIpc) is 2.58. The van der Waals surface area contributed by atoms with Gasteiger partial charge in [0.2, 0.25) is 5.88 Å². The summed E-state index contributed by atoms with van der Waals surface area (Å²) in [4.78, 5) is 8.69. The lowest BCUT2D eigenvalue weighted by molar-refractivity contribution is -0.137. The van der Waals surface area contributed by atoms with Gasteiger partial charge in [-0.3, -0.25) is 0 Å². The van der Waals surface area contributed by atoms with Gasteiger partial charge in [-0.05, 0) is 38.0 Å². The quantitative estimate of drug-likeness (QED) is 0.728. The van der Waals surface area contributed by atoms with Crippen molar-refractivity contribution in [3.05, 3.63) is 35.7 Å². The standard InChI is InChI=1S/C18H21F3N2O2/c1-5-13(6-2)25-16-10-22-17(11(3)23-16)14-8-7-12(18(19,20)21)9-15(14)24-4/h7-10,13H,5-6H2,1-4H3. The van der Waals surface area contributed by atoms with Gasteiger partial charge in [-0.15, -0.1) is 0 Å². The predicted octanol–water partition coefficient (Wildman–Crippen LogP) is 5.05. The summed E-state index contributed by atoms with van der Waals surface area (Å²) < 4.78 is 49.4. The second-order valence-corrected chi connectivity index (χ2v) is 5.61. The molecule has 0 aliphatic carbocycles. The first-order valence-corrected chi connectivity index (χ1v) is 8.06. The van der Waals surface area contributed by atoms with Crippen molar-refractivity contribution in [2.24, 2.45) is 0 Å². The average molecular weight is 354 g/mol. The Hall–Kier alpha value is -2.31. The van der Waals surface area contributed by atoms with Gasteiger partial charge in [-0.2, -0.15) is 13.2 Å². The minimum Gasteiger partial charge on any atom is -0.496 e. The van der Waals surface area contributed by atoms with Gasteiger partial charge < -0.3 is 9.47 Å². The van der Waals surface area contributed by atoms with Crippen LogP contribution in [0.1, 0.15) is 37.9 Å². The zero-order valence-corrected chi connectivity index (χ0v) is 14.6. The molecule has 0 fully saturated rings. The Bertz CT molecular complexity index is 729. The van der Waals surface area contributed by atoms with Crippen LogP contribution in [0.5, 0.6) is 11.6 Å². The van der Waals surface area contributed by atoms with E-state index in [0.717, 1.165) is 25.0 Å². The molecule has 2 aromatic rings. The highest BCUT2D eigenvalue weighted by atomic mass is 19.4. The second-order valence-electron chi connectivity index (χ2n) is 5.61. The van der Waals surface area contributed by atoms with Crippen LogP contribution in [0, 0.1) is 6.92 Å². The first-order valence-electron chi connectivity index (χ1n) is 8.06. The van der Waals surface area contributed by atoms with E-state index in [9.17, 15) is 13.2 Å². The lowest BCUT2D eigenvalue weighted by Gasteiger charge is -2.16. The van der Waals surface area contributed by atoms with Crippen molar-refractivity contribution in [2.45, 2.75) is 45.9 Å². The molecule has 0 saturated carbocycles. The van der Waals surface area contributed by atoms with E-state index in [4.69, 9.17) is 9.47 Å². The smallest absolute Gasteiger partial charge is 0.416 e. The summed E-state index contributed by atoms with van der Waals surface area (Å²) in [5.74, 6) is 0.502. The van der Waals surface area contributed by atoms with Crippen LogP contribution in [0.3, 0.4) is 0 Å². The number of alkyl halides is 3. The van der Waals surface area contributed by atoms with Gasteiger partial charge in [0.25, 0.3) is 0 Å². The molecule has 0 aliphatic heterocycles. The molecular formula is C18H21F3N2O2. The van der Waals surface area contributed by atoms with Crippen LogP contribution < -0.4 is 9.47 Å². The zero-order chi connectivity index (χ0) is 18.6. The lowest BCUT2D eigenvalue weighted by atomic mass is 10.1. The van der Waals surface area contributed by atoms with Gasteiger partial charge in [-0.25, -0.2) is 9.97 Å². The van der Waals surface area contributed by atoms with Crippen LogP contribution in [0.4, 0.5) is 13.2 Å². The molecule has 0 N–H and O–H groups in total. The van der Waals surface area contributed by atoms with Crippen molar-refractivity contribution >= 4 is 0 Å². The molecule has 1 aromatic heterocycles. The minimum atomic E-state index is -4.43. The Morgan fingerprint density at radius 3 is 2.36 bits per heavy atom. The Balaban J connectivity index is 2.38. The largest absolute Gasteiger partial charge is 0.496 e. The maximum atomic E-state index is 12.9. The van der Waals surface area contributed by atoms with E-state index in [1.54, 1.807) is 6.92 Å². The molecule has 7 heteroatoms. The predicted molar refractivity (Wildman–Crippen MR) is 88.8 cm³/mol. The van der Waals surface area contributed by atoms with E-state index in [1.807, 2.05) is 13.8 Å². The van der Waals surface area contributed by atoms with E-state index < -0.39 is 11.7 Å². The molecule has 2 rings (SSSR count). The molecule has 1 aromatic carbocycles. The number of hydrogen-bond acceptors (Lipinski definition) is 4. The third-order valence-corrected chi connectivity index (χ3v) is 3.91. The third kappa shape index (κ3) is 4.41. The number of hydrogen-bond donors (Lipinski definition) is 0. The van der Waals surface area contributed by atoms with Crippen molar-refractivity contribution in [3.8, 4) is 22.9 Å². The molecule has 0 amide bonds. The maximum Gasteiger partial charge on any atom is 0.416 e. The minimum absolute atomic E-state index is 0.0557. The van der Waals surface area contributed by atoms with E-state index in [1.165, 1.54) is 19.4 Å². The summed E-state index contributed by atoms with van der Waals surface area (Å²) in [6.45, 7) is 5.78. The monoisotopic (exact) mass is 354 g/mol. The van der Waals surface area contributed by atoms with Crippen molar-refractivity contribution in [1.82, 2.24) is 9.97 Å². The SMILES string of the molecule is CCC(CC)Oc1cnc(-c2ccc(C(F)(F)F)cc2OC)c(C)n1. The Kier molecular flexibility index (Phi) is 5.87. The van der Waals surface area contributed by atoms with Crippen LogP contribution in [0.25, 0.3) is 11.3 Å². The number of ether oxygens (including phenoxy) is 2. The summed E-state index contributed by atoms with van der Waals surface area (Å²) in [6, 6.07) is 3.32. The first-order chi connectivity index (χ1) is 11.8. The molecule has 4 nitrogen and oxygen atoms in total. The number of nitrogens with zero attached hydrogens (tertiary/aromatic N) is 2. The highest BCUT2D eigenvalue weighted by Crippen LogP contribution is 2.37. The van der Waals surface area contributed by atoms with E-state index in [0.29, 0.717) is 22.8 Å². The van der Waals surface area contributed by atoms with Gasteiger partial charge in [0.1, 0.15) is 5.75 Å². The van der Waals surface area contributed by atoms with E-state index in [-0.39, 0.29) is 11.9 Å². The molecule has 0 aliphatic rings. The van der Waals surface area contributed by atoms with Crippen molar-refractivity contribution in [1.29, 1.82) is 0 Å². The molecule has 1 heterocycles. The van der Waals surface area contributed by atoms with Crippen molar-refractivity contribution in [2.75, 3.05) is 7.11 Å². The molecular weight excluding hydrogens is 333 g/mol. The summed E-state index contributed by atoms with van der Waals surface area (Å²) in [6.07, 6.45) is -1.19. The molecule has 0 unspecified atom stereocenters. The summed E-state index contributed by atoms with van der Waals surface area (Å²) in [5.41, 5.74) is 0.700. The van der Waals surface area contributed by atoms with Gasteiger partial charge in [0.05, 0.1) is 36.4 Å². The third-order valence-electron chi connectivity index (χ3n) is 3.91. The second kappa shape index (κ2) is 7.72. The number of halogens is 3. The van der Waals surface area contributed by atoms with Gasteiger partial charge in [-0.1, -0.05) is 13.8 Å². The maximum absolute atomic E-state index is 12.9. The number of aromatic nitrogens is 2. The van der Waals surface area contributed by atoms with Crippen LogP contribution in [0.2, 0.25) is 0 Å². The van der Waals surface area contributed by atoms with Gasteiger partial charge in [0, 0.05) is 5.56 Å². The lowest BCUT2D eigenvalue weighted by Crippen LogP contribution is -2.15. The Morgan fingerprint density at radius 1 is 1.16 bits per heavy atom. The topological polar surface area (TPSA) is 44.2 Å². The highest BCUT2D eigenvalue weighted by Gasteiger charge is 2.31. The van der Waals surface area contributed by atoms with Gasteiger partial charge >= 0.3 is 6.18 Å². The highest BCUT2D eigenvalue weighted by molar-refractivity contribution is 5.69. The van der Waals surface area contributed by atoms with Crippen molar-refractivity contribution < 1.29 is 22.6 Å². The van der Waals surface area contributed by atoms with Crippen LogP contribution in [-0.2, 0) is 6.18 Å². The fraction of sp³-hybridized carbons (Fsp3) is 0.444.